The lowest BCUT2D eigenvalue weighted by Crippen LogP contribution is -2.62. The van der Waals surface area contributed by atoms with Gasteiger partial charge in [0.25, 0.3) is 5.91 Å². The number of ether oxygens (including phenoxy) is 6. The van der Waals surface area contributed by atoms with Crippen LogP contribution in [-0.2, 0) is 65.3 Å². The standard InChI is InChI=1S/C86H93Cl2F3N8O25/c1-8-39(18-36(2)3)78(112)97-69-57(104)25-45(28-64(92)106)80(114)95-67-43-26-61(120-59-16-13-41(71(69)107)23-53(59)87)76(124-84-74(110)73(109)72(108)63(35-100)122-84)62(27-43)121-60-17-14-42(24-54(60)88)75(70-82(116)96-68(83(117)118)52-30-49(101)31-56(103)66(52)51-22-40(12-15-55(51)102)50(32-58(67)105)81(115)98-70)123-65-33-85(5,77(111)37(4)119-65)93-34-38-10-9-11-47(19-38)94-79(113)44-20-46(86(89,90)91)29-48(21-44)99(6)7/h9-17,19-24,26-27,29-31,36-37,39,45,50,63,65,67-75,77,84,93,100-103,107-111H,8,18,25,28,32-35H2,1-7H3,(H2,92,106)(H,94,113)(H,95,114)(H,96,116)(H,97,112)(H,98,115)(H,117,118)/t37-,39+,45-,50?,63+,65-,67?,68+,69-,70-,71+,72+,73+,74+,75+,77+,84?,85-/m0/s1. The number of nitrogens with two attached hydrogens (primary N) is 1. The second kappa shape index (κ2) is 37.7. The van der Waals surface area contributed by atoms with Crippen molar-refractivity contribution in [2.75, 3.05) is 30.9 Å². The van der Waals surface area contributed by atoms with Crippen molar-refractivity contribution in [3.05, 3.63) is 176 Å². The van der Waals surface area contributed by atoms with E-state index in [1.165, 1.54) is 62.3 Å². The molecule has 0 aromatic heterocycles. The lowest BCUT2D eigenvalue weighted by molar-refractivity contribution is -0.277. The number of hydrogen-bond acceptors (Lipinski definition) is 26. The van der Waals surface area contributed by atoms with Crippen molar-refractivity contribution in [2.24, 2.45) is 23.5 Å². The first-order valence-electron chi connectivity index (χ1n) is 39.5. The van der Waals surface area contributed by atoms with Crippen LogP contribution in [0.2, 0.25) is 10.0 Å². The Morgan fingerprint density at radius 2 is 1.40 bits per heavy atom. The second-order valence-electron chi connectivity index (χ2n) is 32.1. The van der Waals surface area contributed by atoms with Crippen LogP contribution in [0.4, 0.5) is 24.5 Å². The van der Waals surface area contributed by atoms with E-state index in [1.54, 1.807) is 26.0 Å². The van der Waals surface area contributed by atoms with Crippen LogP contribution < -0.4 is 56.7 Å². The lowest BCUT2D eigenvalue weighted by atomic mass is 9.84. The summed E-state index contributed by atoms with van der Waals surface area (Å²) in [4.78, 5) is 136. The molecule has 0 radical (unpaired) electrons. The number of phenolic OH excluding ortho intramolecular Hbond substituents is 3. The van der Waals surface area contributed by atoms with Crippen molar-refractivity contribution in [2.45, 2.75) is 183 Å². The molecule has 7 aliphatic heterocycles. The number of alkyl halides is 3. The van der Waals surface area contributed by atoms with Gasteiger partial charge in [-0.3, -0.25) is 38.4 Å². The number of carboxylic acids is 1. The first-order chi connectivity index (χ1) is 58.5. The Labute approximate surface area is 716 Å². The molecule has 0 spiro atoms. The molecule has 2 fully saturated rings. The van der Waals surface area contributed by atoms with E-state index in [0.29, 0.717) is 18.1 Å². The van der Waals surface area contributed by atoms with Crippen LogP contribution in [-0.4, -0.2) is 192 Å². The number of aliphatic hydroxyl groups excluding tert-OH is 6. The summed E-state index contributed by atoms with van der Waals surface area (Å²) >= 11 is 14.5. The third-order valence-electron chi connectivity index (χ3n) is 22.5. The number of benzene rings is 7. The van der Waals surface area contributed by atoms with Gasteiger partial charge in [-0.15, -0.1) is 0 Å². The van der Waals surface area contributed by atoms with Gasteiger partial charge in [0.2, 0.25) is 41.6 Å². The predicted molar refractivity (Wildman–Crippen MR) is 436 cm³/mol. The molecular formula is C86H93Cl2F3N8O25. The van der Waals surface area contributed by atoms with Crippen molar-refractivity contribution >= 4 is 87.6 Å². The monoisotopic (exact) mass is 1760 g/mol. The highest BCUT2D eigenvalue weighted by molar-refractivity contribution is 6.32. The number of hydrogen-bond donors (Lipinski definition) is 17. The smallest absolute Gasteiger partial charge is 0.416 e. The van der Waals surface area contributed by atoms with Gasteiger partial charge in [0.05, 0.1) is 46.3 Å². The Hall–Kier alpha value is -11.3. The Morgan fingerprint density at radius 3 is 2.03 bits per heavy atom. The number of nitrogens with zero attached hydrogens (tertiary/aromatic N) is 1. The molecule has 662 valence electrons. The number of aromatic hydroxyl groups is 3. The number of ketones is 2. The van der Waals surface area contributed by atoms with E-state index < -0.39 is 273 Å². The molecule has 11 bridgehead atoms. The van der Waals surface area contributed by atoms with E-state index in [4.69, 9.17) is 57.4 Å². The molecule has 0 aliphatic carbocycles. The normalized spacial score (nSPS) is 26.3. The molecule has 7 heterocycles. The Bertz CT molecular complexity index is 5300. The molecule has 7 aromatic rings. The number of Topliss-reactive ketones (excluding diaryl/α,β-unsaturated/α-hetero) is 2. The van der Waals surface area contributed by atoms with E-state index >= 15 is 24.0 Å². The average molecular weight is 1770 g/mol. The number of amides is 6. The summed E-state index contributed by atoms with van der Waals surface area (Å²) in [6.45, 7) is 7.37. The first kappa shape index (κ1) is 91.9. The molecule has 38 heteroatoms. The lowest BCUT2D eigenvalue weighted by Gasteiger charge is -2.47. The zero-order valence-electron chi connectivity index (χ0n) is 67.6. The van der Waals surface area contributed by atoms with Crippen LogP contribution >= 0.6 is 23.2 Å². The number of fused-ring (bicyclic) bond motifs is 15. The molecule has 124 heavy (non-hydrogen) atoms. The number of aliphatic hydroxyl groups is 6. The van der Waals surface area contributed by atoms with E-state index in [1.807, 2.05) is 13.8 Å². The van der Waals surface area contributed by atoms with Gasteiger partial charge in [-0.05, 0) is 145 Å². The van der Waals surface area contributed by atoms with Gasteiger partial charge in [0.1, 0.15) is 83.5 Å². The maximum Gasteiger partial charge on any atom is 0.416 e. The summed E-state index contributed by atoms with van der Waals surface area (Å²) in [6, 6.07) is 14.4. The summed E-state index contributed by atoms with van der Waals surface area (Å²) in [5, 5.41) is 130. The molecule has 2 saturated heterocycles. The number of carbonyl (C=O) groups excluding carboxylic acids is 8. The summed E-state index contributed by atoms with van der Waals surface area (Å²) in [5.74, 6) is -20.7. The predicted octanol–water partition coefficient (Wildman–Crippen LogP) is 7.69. The van der Waals surface area contributed by atoms with E-state index in [2.05, 4.69) is 31.9 Å². The zero-order valence-corrected chi connectivity index (χ0v) is 69.1. The quantitative estimate of drug-likeness (QED) is 0.0369. The van der Waals surface area contributed by atoms with Crippen molar-refractivity contribution in [3.8, 4) is 57.1 Å². The number of phenols is 3. The highest BCUT2D eigenvalue weighted by Gasteiger charge is 2.50. The fourth-order valence-electron chi connectivity index (χ4n) is 15.8. The maximum atomic E-state index is 16.5. The summed E-state index contributed by atoms with van der Waals surface area (Å²) in [6.07, 6.45) is -26.2. The fraction of sp³-hybridized carbons (Fsp3) is 0.407. The molecule has 18 atom stereocenters. The molecule has 0 saturated carbocycles. The minimum absolute atomic E-state index is 0.0426. The van der Waals surface area contributed by atoms with Crippen LogP contribution in [0.1, 0.15) is 153 Å². The van der Waals surface area contributed by atoms with Gasteiger partial charge in [-0.25, -0.2) is 4.79 Å². The number of carboxylic acid groups (broad SMARTS) is 1. The summed E-state index contributed by atoms with van der Waals surface area (Å²) in [7, 11) is 3.02. The minimum atomic E-state index is -4.80. The molecule has 3 unspecified atom stereocenters. The van der Waals surface area contributed by atoms with Gasteiger partial charge in [0, 0.05) is 97.5 Å². The molecule has 7 aromatic carbocycles. The van der Waals surface area contributed by atoms with Crippen molar-refractivity contribution in [1.82, 2.24) is 26.6 Å². The van der Waals surface area contributed by atoms with Gasteiger partial charge in [0.15, 0.2) is 35.4 Å². The average Bonchev–Trinajstić information content (AvgIpc) is 0.802. The van der Waals surface area contributed by atoms with Crippen LogP contribution in [0, 0.1) is 17.8 Å². The number of carbonyl (C=O) groups is 9. The highest BCUT2D eigenvalue weighted by Crippen LogP contribution is 2.51. The van der Waals surface area contributed by atoms with E-state index in [0.717, 1.165) is 66.7 Å². The van der Waals surface area contributed by atoms with Crippen LogP contribution in [0.3, 0.4) is 0 Å². The number of nitrogens with one attached hydrogen (secondary N) is 6. The topological polar surface area (TPSA) is 513 Å². The van der Waals surface area contributed by atoms with Crippen molar-refractivity contribution in [3.63, 3.8) is 0 Å². The highest BCUT2D eigenvalue weighted by atomic mass is 35.5. The third-order valence-corrected chi connectivity index (χ3v) is 23.1. The van der Waals surface area contributed by atoms with Crippen LogP contribution in [0.25, 0.3) is 11.1 Å². The van der Waals surface area contributed by atoms with E-state index in [9.17, 15) is 83.4 Å². The summed E-state index contributed by atoms with van der Waals surface area (Å²) in [5.41, 5.74) is 1.02. The van der Waals surface area contributed by atoms with Gasteiger partial charge < -0.3 is 122 Å². The molecule has 18 N–H and O–H groups in total. The van der Waals surface area contributed by atoms with Crippen LogP contribution in [0.5, 0.6) is 46.0 Å². The molecule has 33 nitrogen and oxygen atoms in total. The van der Waals surface area contributed by atoms with Gasteiger partial charge in [-0.1, -0.05) is 74.3 Å². The number of aliphatic carboxylic acids is 1. The molecule has 7 aliphatic rings. The minimum Gasteiger partial charge on any atom is -0.508 e. The largest absolute Gasteiger partial charge is 0.508 e. The number of halogens is 5. The van der Waals surface area contributed by atoms with Gasteiger partial charge in [-0.2, -0.15) is 13.2 Å². The second-order valence-corrected chi connectivity index (χ2v) is 33.0. The van der Waals surface area contributed by atoms with Gasteiger partial charge >= 0.3 is 12.1 Å². The summed E-state index contributed by atoms with van der Waals surface area (Å²) < 4.78 is 81.3. The number of primary amides is 1. The number of anilines is 2. The first-order valence-corrected chi connectivity index (χ1v) is 40.3. The molecule has 14 rings (SSSR count). The van der Waals surface area contributed by atoms with Crippen molar-refractivity contribution in [1.29, 1.82) is 0 Å². The van der Waals surface area contributed by atoms with E-state index in [-0.39, 0.29) is 63.3 Å². The fourth-order valence-corrected chi connectivity index (χ4v) is 16.3. The maximum absolute atomic E-state index is 16.5. The third kappa shape index (κ3) is 20.2. The Balaban J connectivity index is 1.03. The SMILES string of the molecule is CC[C@H](CC(C)C)C(=O)N[C@H]1C(=O)C[C@@H](CC(N)=O)C(=O)NC2C(=O)CC3C(=O)N[C@H](C(=O)N[C@@H](C(=O)O)c4cc(O)cc(O)c4-c4cc3ccc4O)[C@H](O[C@H]3C[C@](C)(NCc4cccc(NC(=O)c5cc(N(C)C)cc(C(F)(F)F)c5)c4)[C@H](O)[C@H](C)O3)c3ccc(c(Cl)c3)Oc3cc2cc(c3OC2O[C@H](CO)[C@@H](O)[C@@H](O)[C@H]2O)Oc2ccc(cc2Cl)[C@H]1O. The Morgan fingerprint density at radius 1 is 0.734 bits per heavy atom. The van der Waals surface area contributed by atoms with Crippen molar-refractivity contribution < 1.29 is 136 Å². The molecule has 6 amide bonds. The number of rotatable bonds is 19. The Kier molecular flexibility index (Phi) is 27.9. The van der Waals surface area contributed by atoms with Crippen LogP contribution in [0.15, 0.2) is 121 Å². The molecular weight excluding hydrogens is 1670 g/mol. The zero-order chi connectivity index (χ0) is 90.2.